The number of anilines is 1. The first-order valence-electron chi connectivity index (χ1n) is 2.20. The van der Waals surface area contributed by atoms with E-state index in [0.29, 0.717) is 0 Å². The second-order valence-corrected chi connectivity index (χ2v) is 1.41. The SMILES string of the molecule is Nc1ccccc1.[Bi+3].[Cl-].[Cl-].[Cl-]. The molecule has 0 heterocycles. The average molecular weight is 408 g/mol. The molecule has 2 radical (unpaired) electrons. The topological polar surface area (TPSA) is 26.0 Å². The first kappa shape index (κ1) is 22.6. The maximum Gasteiger partial charge on any atom is 3.00 e. The third-order valence-corrected chi connectivity index (χ3v) is 0.800. The quantitative estimate of drug-likeness (QED) is 0.335. The van der Waals surface area contributed by atoms with Crippen LogP contribution in [0.5, 0.6) is 0 Å². The predicted molar refractivity (Wildman–Crippen MR) is 36.6 cm³/mol. The summed E-state index contributed by atoms with van der Waals surface area (Å²) < 4.78 is 0. The Balaban J connectivity index is -0.0000000612. The zero-order valence-corrected chi connectivity index (χ0v) is 11.3. The van der Waals surface area contributed by atoms with Gasteiger partial charge in [-0.05, 0) is 12.1 Å². The Kier molecular flexibility index (Phi) is 27.5. The van der Waals surface area contributed by atoms with Gasteiger partial charge in [-0.25, -0.2) is 0 Å². The summed E-state index contributed by atoms with van der Waals surface area (Å²) >= 11 is 0. The summed E-state index contributed by atoms with van der Waals surface area (Å²) in [5.41, 5.74) is 6.18. The molecule has 0 amide bonds. The van der Waals surface area contributed by atoms with Crippen LogP contribution in [0.15, 0.2) is 30.3 Å². The van der Waals surface area contributed by atoms with Gasteiger partial charge in [-0.2, -0.15) is 0 Å². The minimum absolute atomic E-state index is 0. The number of nitrogen functional groups attached to an aromatic ring is 1. The molecule has 0 saturated carbocycles. The van der Waals surface area contributed by atoms with Crippen molar-refractivity contribution in [3.63, 3.8) is 0 Å². The molecule has 2 N–H and O–H groups in total. The van der Waals surface area contributed by atoms with Gasteiger partial charge in [-0.15, -0.1) is 0 Å². The Labute approximate surface area is 104 Å². The molecular weight excluding hydrogens is 401 g/mol. The van der Waals surface area contributed by atoms with E-state index in [9.17, 15) is 0 Å². The van der Waals surface area contributed by atoms with Crippen molar-refractivity contribution in [3.8, 4) is 0 Å². The summed E-state index contributed by atoms with van der Waals surface area (Å²) in [6.45, 7) is 0. The van der Waals surface area contributed by atoms with Gasteiger partial charge < -0.3 is 43.0 Å². The third kappa shape index (κ3) is 10.8. The summed E-state index contributed by atoms with van der Waals surface area (Å²) in [5, 5.41) is 0. The van der Waals surface area contributed by atoms with Gasteiger partial charge in [0.25, 0.3) is 0 Å². The maximum absolute atomic E-state index is 5.36. The van der Waals surface area contributed by atoms with Crippen molar-refractivity contribution >= 4 is 31.9 Å². The van der Waals surface area contributed by atoms with Crippen LogP contribution in [0.25, 0.3) is 0 Å². The number of benzene rings is 1. The average Bonchev–Trinajstić information content (AvgIpc) is 1.69. The van der Waals surface area contributed by atoms with E-state index in [1.165, 1.54) is 0 Å². The van der Waals surface area contributed by atoms with Crippen LogP contribution in [0.4, 0.5) is 5.69 Å². The zero-order chi connectivity index (χ0) is 5.11. The molecule has 0 unspecified atom stereocenters. The second kappa shape index (κ2) is 13.4. The molecule has 0 aliphatic rings. The molecule has 1 nitrogen and oxygen atoms in total. The molecular formula is C6H7BiCl3N. The first-order valence-corrected chi connectivity index (χ1v) is 2.20. The monoisotopic (exact) mass is 407 g/mol. The van der Waals surface area contributed by atoms with E-state index >= 15 is 0 Å². The minimum atomic E-state index is 0. The number of halogens is 3. The third-order valence-electron chi connectivity index (χ3n) is 0.800. The van der Waals surface area contributed by atoms with E-state index in [0.717, 1.165) is 5.69 Å². The summed E-state index contributed by atoms with van der Waals surface area (Å²) in [6.07, 6.45) is 0. The number of rotatable bonds is 0. The van der Waals surface area contributed by atoms with E-state index in [1.807, 2.05) is 30.3 Å². The molecule has 1 aromatic rings. The number of hydrogen-bond acceptors (Lipinski definition) is 1. The van der Waals surface area contributed by atoms with Crippen molar-refractivity contribution in [2.45, 2.75) is 0 Å². The van der Waals surface area contributed by atoms with Crippen molar-refractivity contribution in [1.82, 2.24) is 0 Å². The summed E-state index contributed by atoms with van der Waals surface area (Å²) in [4.78, 5) is 0. The second-order valence-electron chi connectivity index (χ2n) is 1.41. The van der Waals surface area contributed by atoms with Gasteiger partial charge in [0, 0.05) is 5.69 Å². The largest absolute Gasteiger partial charge is 3.00 e. The van der Waals surface area contributed by atoms with Crippen LogP contribution in [0.3, 0.4) is 0 Å². The van der Waals surface area contributed by atoms with Gasteiger partial charge in [0.15, 0.2) is 0 Å². The molecule has 0 aromatic heterocycles. The molecule has 0 aliphatic heterocycles. The van der Waals surface area contributed by atoms with Crippen molar-refractivity contribution in [1.29, 1.82) is 0 Å². The van der Waals surface area contributed by atoms with Crippen LogP contribution < -0.4 is 43.0 Å². The Morgan fingerprint density at radius 2 is 1.18 bits per heavy atom. The molecule has 62 valence electrons. The van der Waals surface area contributed by atoms with Gasteiger partial charge in [-0.3, -0.25) is 0 Å². The molecule has 0 spiro atoms. The van der Waals surface area contributed by atoms with Crippen LogP contribution in [-0.4, -0.2) is 26.2 Å². The molecule has 1 aromatic carbocycles. The Morgan fingerprint density at radius 3 is 1.36 bits per heavy atom. The Hall–Kier alpha value is 0.773. The Bertz CT molecular complexity index is 148. The summed E-state index contributed by atoms with van der Waals surface area (Å²) in [7, 11) is 0. The zero-order valence-electron chi connectivity index (χ0n) is 5.55. The van der Waals surface area contributed by atoms with Gasteiger partial charge in [0.1, 0.15) is 0 Å². The van der Waals surface area contributed by atoms with Crippen molar-refractivity contribution in [2.24, 2.45) is 0 Å². The molecule has 1 rings (SSSR count). The van der Waals surface area contributed by atoms with E-state index in [2.05, 4.69) is 0 Å². The number of para-hydroxylation sites is 1. The number of nitrogens with two attached hydrogens (primary N) is 1. The fraction of sp³-hybridized carbons (Fsp3) is 0. The van der Waals surface area contributed by atoms with Crippen LogP contribution in [0.2, 0.25) is 0 Å². The molecule has 0 bridgehead atoms. The van der Waals surface area contributed by atoms with Crippen LogP contribution in [0, 0.1) is 0 Å². The molecule has 11 heavy (non-hydrogen) atoms. The van der Waals surface area contributed by atoms with E-state index in [-0.39, 0.29) is 63.4 Å². The fourth-order valence-corrected chi connectivity index (χ4v) is 0.453. The molecule has 0 saturated heterocycles. The summed E-state index contributed by atoms with van der Waals surface area (Å²) in [5.74, 6) is 0. The van der Waals surface area contributed by atoms with Gasteiger partial charge in [0.05, 0.1) is 0 Å². The molecule has 0 aliphatic carbocycles. The van der Waals surface area contributed by atoms with Crippen LogP contribution in [-0.2, 0) is 0 Å². The van der Waals surface area contributed by atoms with Gasteiger partial charge in [0.2, 0.25) is 0 Å². The first-order chi connectivity index (χ1) is 3.39. The van der Waals surface area contributed by atoms with E-state index < -0.39 is 0 Å². The van der Waals surface area contributed by atoms with Crippen molar-refractivity contribution in [3.05, 3.63) is 30.3 Å². The van der Waals surface area contributed by atoms with Crippen molar-refractivity contribution in [2.75, 3.05) is 5.73 Å². The van der Waals surface area contributed by atoms with E-state index in [1.54, 1.807) is 0 Å². The van der Waals surface area contributed by atoms with Crippen LogP contribution >= 0.6 is 0 Å². The Morgan fingerprint density at radius 1 is 0.818 bits per heavy atom. The molecule has 5 heteroatoms. The van der Waals surface area contributed by atoms with Crippen LogP contribution in [0.1, 0.15) is 0 Å². The summed E-state index contributed by atoms with van der Waals surface area (Å²) in [6, 6.07) is 9.49. The molecule has 0 fully saturated rings. The fourth-order valence-electron chi connectivity index (χ4n) is 0.453. The van der Waals surface area contributed by atoms with Crippen molar-refractivity contribution < 1.29 is 37.2 Å². The number of hydrogen-bond donors (Lipinski definition) is 1. The van der Waals surface area contributed by atoms with Gasteiger partial charge >= 0.3 is 26.2 Å². The van der Waals surface area contributed by atoms with E-state index in [4.69, 9.17) is 5.73 Å². The minimum Gasteiger partial charge on any atom is -1.00 e. The molecule has 0 atom stereocenters. The smallest absolute Gasteiger partial charge is 1.00 e. The predicted octanol–water partition coefficient (Wildman–Crippen LogP) is -8.10. The maximum atomic E-state index is 5.36. The normalized spacial score (nSPS) is 5.45. The standard InChI is InChI=1S/C6H7N.Bi.3ClH/c7-6-4-2-1-3-5-6;;;;/h1-5H,7H2;;3*1H/q;+3;;;/p-3. The van der Waals surface area contributed by atoms with Gasteiger partial charge in [-0.1, -0.05) is 18.2 Å².